The van der Waals surface area contributed by atoms with Crippen LogP contribution >= 0.6 is 0 Å². The zero-order valence-electron chi connectivity index (χ0n) is 9.61. The number of aromatic nitrogens is 4. The van der Waals surface area contributed by atoms with Gasteiger partial charge >= 0.3 is 0 Å². The lowest BCUT2D eigenvalue weighted by Gasteiger charge is -2.00. The van der Waals surface area contributed by atoms with E-state index >= 15 is 0 Å². The fourth-order valence-corrected chi connectivity index (χ4v) is 2.17. The van der Waals surface area contributed by atoms with E-state index in [0.717, 1.165) is 5.39 Å². The number of hydrogen-bond donors (Lipinski definition) is 2. The van der Waals surface area contributed by atoms with Crippen molar-refractivity contribution in [1.29, 1.82) is 0 Å². The molecule has 7 nitrogen and oxygen atoms in total. The molecule has 96 valence electrons. The lowest BCUT2D eigenvalue weighted by atomic mass is 10.1. The van der Waals surface area contributed by atoms with Crippen LogP contribution in [-0.4, -0.2) is 28.6 Å². The number of pyridine rings is 1. The van der Waals surface area contributed by atoms with E-state index in [-0.39, 0.29) is 11.0 Å². The topological polar surface area (TPSA) is 115 Å². The number of para-hydroxylation sites is 1. The van der Waals surface area contributed by atoms with Crippen LogP contribution in [0.5, 0.6) is 0 Å². The number of sulfonamides is 1. The Morgan fingerprint density at radius 1 is 1.16 bits per heavy atom. The summed E-state index contributed by atoms with van der Waals surface area (Å²) in [5, 5.41) is 11.7. The summed E-state index contributed by atoms with van der Waals surface area (Å²) in [4.78, 5) is 8.14. The predicted molar refractivity (Wildman–Crippen MR) is 68.5 cm³/mol. The zero-order valence-corrected chi connectivity index (χ0v) is 10.4. The van der Waals surface area contributed by atoms with Gasteiger partial charge in [-0.1, -0.05) is 18.2 Å². The van der Waals surface area contributed by atoms with Gasteiger partial charge in [0.2, 0.25) is 0 Å². The molecule has 0 saturated carbocycles. The molecular formula is C11H9N5O2S. The van der Waals surface area contributed by atoms with Crippen molar-refractivity contribution in [2.75, 3.05) is 0 Å². The number of fused-ring (bicyclic) bond motifs is 1. The molecule has 0 aliphatic heterocycles. The van der Waals surface area contributed by atoms with Gasteiger partial charge in [-0.25, -0.2) is 18.7 Å². The van der Waals surface area contributed by atoms with Gasteiger partial charge in [0.05, 0.1) is 5.52 Å². The van der Waals surface area contributed by atoms with Crippen LogP contribution < -0.4 is 5.14 Å². The first kappa shape index (κ1) is 11.8. The van der Waals surface area contributed by atoms with Gasteiger partial charge in [-0.3, -0.25) is 4.98 Å². The molecule has 0 fully saturated rings. The van der Waals surface area contributed by atoms with Gasteiger partial charge in [-0.2, -0.15) is 10.1 Å². The van der Waals surface area contributed by atoms with Gasteiger partial charge in [0.15, 0.2) is 5.82 Å². The Bertz CT molecular complexity index is 851. The Morgan fingerprint density at radius 3 is 2.68 bits per heavy atom. The van der Waals surface area contributed by atoms with Crippen LogP contribution in [0.3, 0.4) is 0 Å². The SMILES string of the molecule is NS(=O)(=O)c1nc(-c2cccc3cccnc23)n[nH]1. The number of aromatic amines is 1. The summed E-state index contributed by atoms with van der Waals surface area (Å²) < 4.78 is 22.3. The number of hydrogen-bond acceptors (Lipinski definition) is 5. The van der Waals surface area contributed by atoms with Crippen LogP contribution in [0.15, 0.2) is 41.7 Å². The van der Waals surface area contributed by atoms with Crippen LogP contribution in [-0.2, 0) is 10.0 Å². The van der Waals surface area contributed by atoms with E-state index < -0.39 is 10.0 Å². The second-order valence-electron chi connectivity index (χ2n) is 3.89. The van der Waals surface area contributed by atoms with Gasteiger partial charge in [0.1, 0.15) is 0 Å². The second-order valence-corrected chi connectivity index (χ2v) is 5.37. The molecule has 0 spiro atoms. The van der Waals surface area contributed by atoms with Gasteiger partial charge in [0.25, 0.3) is 15.2 Å². The second kappa shape index (κ2) is 4.11. The van der Waals surface area contributed by atoms with E-state index in [4.69, 9.17) is 5.14 Å². The minimum atomic E-state index is -3.89. The molecule has 0 unspecified atom stereocenters. The number of nitrogens with one attached hydrogen (secondary N) is 1. The highest BCUT2D eigenvalue weighted by molar-refractivity contribution is 7.89. The third kappa shape index (κ3) is 2.07. The van der Waals surface area contributed by atoms with Crippen LogP contribution in [0, 0.1) is 0 Å². The molecule has 3 aromatic rings. The summed E-state index contributed by atoms with van der Waals surface area (Å²) in [6, 6.07) is 9.22. The van der Waals surface area contributed by atoms with Gasteiger partial charge in [-0.15, -0.1) is 0 Å². The molecule has 0 atom stereocenters. The molecular weight excluding hydrogens is 266 g/mol. The molecule has 0 saturated heterocycles. The first-order valence-electron chi connectivity index (χ1n) is 5.35. The lowest BCUT2D eigenvalue weighted by Crippen LogP contribution is -2.13. The molecule has 8 heteroatoms. The van der Waals surface area contributed by atoms with Crippen molar-refractivity contribution in [3.05, 3.63) is 36.5 Å². The zero-order chi connectivity index (χ0) is 13.5. The predicted octanol–water partition coefficient (Wildman–Crippen LogP) is 0.667. The molecule has 19 heavy (non-hydrogen) atoms. The van der Waals surface area contributed by atoms with Gasteiger partial charge in [0, 0.05) is 17.1 Å². The van der Waals surface area contributed by atoms with Crippen molar-refractivity contribution in [2.45, 2.75) is 5.16 Å². The van der Waals surface area contributed by atoms with Crippen molar-refractivity contribution in [2.24, 2.45) is 5.14 Å². The van der Waals surface area contributed by atoms with Crippen LogP contribution in [0.25, 0.3) is 22.3 Å². The normalized spacial score (nSPS) is 11.8. The highest BCUT2D eigenvalue weighted by Gasteiger charge is 2.16. The van der Waals surface area contributed by atoms with Crippen molar-refractivity contribution < 1.29 is 8.42 Å². The molecule has 3 N–H and O–H groups in total. The van der Waals surface area contributed by atoms with E-state index in [1.165, 1.54) is 0 Å². The smallest absolute Gasteiger partial charge is 0.255 e. The number of nitrogens with zero attached hydrogens (tertiary/aromatic N) is 3. The fourth-order valence-electron chi connectivity index (χ4n) is 1.78. The fraction of sp³-hybridized carbons (Fsp3) is 0. The molecule has 0 bridgehead atoms. The first-order chi connectivity index (χ1) is 9.05. The lowest BCUT2D eigenvalue weighted by molar-refractivity contribution is 0.589. The number of nitrogens with two attached hydrogens (primary N) is 1. The standard InChI is InChI=1S/C11H9N5O2S/c12-19(17,18)11-14-10(15-16-11)8-5-1-3-7-4-2-6-13-9(7)8/h1-6H,(H2,12,17,18)(H,14,15,16). The van der Waals surface area contributed by atoms with Crippen LogP contribution in [0.1, 0.15) is 0 Å². The molecule has 3 rings (SSSR count). The molecule has 2 heterocycles. The summed E-state index contributed by atoms with van der Waals surface area (Å²) in [7, 11) is -3.89. The van der Waals surface area contributed by atoms with E-state index in [9.17, 15) is 8.42 Å². The van der Waals surface area contributed by atoms with Crippen molar-refractivity contribution >= 4 is 20.9 Å². The third-order valence-electron chi connectivity index (χ3n) is 2.61. The Labute approximate surface area is 108 Å². The van der Waals surface area contributed by atoms with Gasteiger partial charge < -0.3 is 0 Å². The van der Waals surface area contributed by atoms with E-state index in [1.54, 1.807) is 12.3 Å². The van der Waals surface area contributed by atoms with Crippen LogP contribution in [0.4, 0.5) is 0 Å². The molecule has 1 aromatic carbocycles. The van der Waals surface area contributed by atoms with E-state index in [1.807, 2.05) is 24.3 Å². The van der Waals surface area contributed by atoms with Crippen LogP contribution in [0.2, 0.25) is 0 Å². The maximum atomic E-state index is 11.2. The Balaban J connectivity index is 2.23. The van der Waals surface area contributed by atoms with E-state index in [0.29, 0.717) is 11.1 Å². The summed E-state index contributed by atoms with van der Waals surface area (Å²) in [5.74, 6) is 0.244. The van der Waals surface area contributed by atoms with Crippen molar-refractivity contribution in [1.82, 2.24) is 20.2 Å². The number of H-pyrrole nitrogens is 1. The number of primary sulfonamides is 1. The Morgan fingerprint density at radius 2 is 1.95 bits per heavy atom. The average molecular weight is 275 g/mol. The largest absolute Gasteiger partial charge is 0.273 e. The maximum Gasteiger partial charge on any atom is 0.273 e. The first-order valence-corrected chi connectivity index (χ1v) is 6.90. The molecule has 0 aliphatic carbocycles. The minimum Gasteiger partial charge on any atom is -0.255 e. The van der Waals surface area contributed by atoms with Crippen molar-refractivity contribution in [3.63, 3.8) is 0 Å². The van der Waals surface area contributed by atoms with E-state index in [2.05, 4.69) is 20.2 Å². The number of benzene rings is 1. The minimum absolute atomic E-state index is 0.244. The molecule has 2 aromatic heterocycles. The maximum absolute atomic E-state index is 11.2. The molecule has 0 amide bonds. The molecule has 0 aliphatic rings. The average Bonchev–Trinajstić information content (AvgIpc) is 2.87. The quantitative estimate of drug-likeness (QED) is 0.713. The van der Waals surface area contributed by atoms with Crippen molar-refractivity contribution in [3.8, 4) is 11.4 Å². The summed E-state index contributed by atoms with van der Waals surface area (Å²) >= 11 is 0. The third-order valence-corrected chi connectivity index (χ3v) is 3.33. The monoisotopic (exact) mass is 275 g/mol. The molecule has 0 radical (unpaired) electrons. The Kier molecular flexibility index (Phi) is 2.54. The number of rotatable bonds is 2. The highest BCUT2D eigenvalue weighted by atomic mass is 32.2. The Hall–Kier alpha value is -2.32. The summed E-state index contributed by atoms with van der Waals surface area (Å²) in [6.45, 7) is 0. The summed E-state index contributed by atoms with van der Waals surface area (Å²) in [5.41, 5.74) is 1.34. The highest BCUT2D eigenvalue weighted by Crippen LogP contribution is 2.24. The summed E-state index contributed by atoms with van der Waals surface area (Å²) in [6.07, 6.45) is 1.65. The van der Waals surface area contributed by atoms with Gasteiger partial charge in [-0.05, 0) is 12.1 Å².